The topological polar surface area (TPSA) is 65.5 Å². The van der Waals surface area contributed by atoms with Gasteiger partial charge in [-0.2, -0.15) is 0 Å². The second-order valence-electron chi connectivity index (χ2n) is 4.48. The molecule has 0 radical (unpaired) electrons. The van der Waals surface area contributed by atoms with E-state index in [2.05, 4.69) is 15.3 Å². The number of hydrogen-bond donors (Lipinski definition) is 1. The first-order valence-corrected chi connectivity index (χ1v) is 6.46. The second kappa shape index (κ2) is 6.30. The number of anilines is 2. The Bertz CT molecular complexity index is 599. The maximum Gasteiger partial charge on any atom is 0.203 e. The summed E-state index contributed by atoms with van der Waals surface area (Å²) in [6.45, 7) is 3.78. The predicted molar refractivity (Wildman–Crippen MR) is 80.9 cm³/mol. The van der Waals surface area contributed by atoms with Gasteiger partial charge < -0.3 is 19.5 Å². The van der Waals surface area contributed by atoms with Crippen molar-refractivity contribution < 1.29 is 14.2 Å². The highest BCUT2D eigenvalue weighted by Crippen LogP contribution is 2.40. The van der Waals surface area contributed by atoms with Crippen LogP contribution in [0, 0.1) is 13.8 Å². The largest absolute Gasteiger partial charge is 0.493 e. The monoisotopic (exact) mass is 289 g/mol. The fraction of sp³-hybridized carbons (Fsp3) is 0.333. The summed E-state index contributed by atoms with van der Waals surface area (Å²) in [5, 5.41) is 3.22. The first-order valence-electron chi connectivity index (χ1n) is 6.46. The van der Waals surface area contributed by atoms with Crippen LogP contribution < -0.4 is 19.5 Å². The van der Waals surface area contributed by atoms with E-state index in [0.29, 0.717) is 28.9 Å². The highest BCUT2D eigenvalue weighted by Gasteiger charge is 2.13. The molecule has 0 aliphatic rings. The van der Waals surface area contributed by atoms with Crippen LogP contribution >= 0.6 is 0 Å². The minimum atomic E-state index is 0.556. The van der Waals surface area contributed by atoms with Gasteiger partial charge in [-0.3, -0.25) is 0 Å². The number of aryl methyl sites for hydroxylation is 2. The van der Waals surface area contributed by atoms with Crippen molar-refractivity contribution in [2.24, 2.45) is 0 Å². The lowest BCUT2D eigenvalue weighted by molar-refractivity contribution is 0.324. The van der Waals surface area contributed by atoms with Crippen LogP contribution in [-0.4, -0.2) is 31.3 Å². The lowest BCUT2D eigenvalue weighted by atomic mass is 10.2. The molecule has 2 aromatic rings. The van der Waals surface area contributed by atoms with E-state index in [4.69, 9.17) is 14.2 Å². The zero-order chi connectivity index (χ0) is 15.4. The Kier molecular flexibility index (Phi) is 4.47. The Hall–Kier alpha value is -2.50. The summed E-state index contributed by atoms with van der Waals surface area (Å²) in [6.07, 6.45) is 0. The molecule has 6 heteroatoms. The molecular weight excluding hydrogens is 270 g/mol. The second-order valence-corrected chi connectivity index (χ2v) is 4.48. The van der Waals surface area contributed by atoms with Gasteiger partial charge in [0.2, 0.25) is 5.75 Å². The number of rotatable bonds is 5. The number of methoxy groups -OCH3 is 3. The molecule has 0 atom stereocenters. The standard InChI is InChI=1S/C15H19N3O3/c1-9-6-14(17-10(2)16-9)18-11-7-12(19-3)15(21-5)13(8-11)20-4/h6-8H,1-5H3,(H,16,17,18). The lowest BCUT2D eigenvalue weighted by Gasteiger charge is -2.15. The van der Waals surface area contributed by atoms with E-state index in [9.17, 15) is 0 Å². The lowest BCUT2D eigenvalue weighted by Crippen LogP contribution is -2.01. The van der Waals surface area contributed by atoms with Crippen molar-refractivity contribution in [2.75, 3.05) is 26.6 Å². The molecule has 0 aliphatic heterocycles. The minimum Gasteiger partial charge on any atom is -0.493 e. The van der Waals surface area contributed by atoms with Crippen LogP contribution in [0.15, 0.2) is 18.2 Å². The Labute approximate surface area is 124 Å². The van der Waals surface area contributed by atoms with E-state index in [1.54, 1.807) is 21.3 Å². The average Bonchev–Trinajstić information content (AvgIpc) is 2.45. The van der Waals surface area contributed by atoms with E-state index in [-0.39, 0.29) is 0 Å². The van der Waals surface area contributed by atoms with Crippen LogP contribution in [0.5, 0.6) is 17.2 Å². The first kappa shape index (κ1) is 14.9. The number of benzene rings is 1. The third kappa shape index (κ3) is 3.34. The van der Waals surface area contributed by atoms with E-state index in [0.717, 1.165) is 11.4 Å². The van der Waals surface area contributed by atoms with Gasteiger partial charge in [0.25, 0.3) is 0 Å². The van der Waals surface area contributed by atoms with Crippen molar-refractivity contribution in [3.63, 3.8) is 0 Å². The van der Waals surface area contributed by atoms with Gasteiger partial charge in [-0.1, -0.05) is 0 Å². The summed E-state index contributed by atoms with van der Waals surface area (Å²) < 4.78 is 16.0. The highest BCUT2D eigenvalue weighted by molar-refractivity contribution is 5.66. The molecule has 112 valence electrons. The molecule has 0 bridgehead atoms. The van der Waals surface area contributed by atoms with Gasteiger partial charge in [0.1, 0.15) is 11.6 Å². The van der Waals surface area contributed by atoms with Gasteiger partial charge in [0.05, 0.1) is 21.3 Å². The Balaban J connectivity index is 2.40. The SMILES string of the molecule is COc1cc(Nc2cc(C)nc(C)n2)cc(OC)c1OC. The maximum absolute atomic E-state index is 5.33. The average molecular weight is 289 g/mol. The van der Waals surface area contributed by atoms with Gasteiger partial charge in [-0.15, -0.1) is 0 Å². The minimum absolute atomic E-state index is 0.556. The third-order valence-corrected chi connectivity index (χ3v) is 2.90. The number of nitrogens with one attached hydrogen (secondary N) is 1. The molecule has 0 saturated heterocycles. The van der Waals surface area contributed by atoms with Crippen molar-refractivity contribution in [1.29, 1.82) is 0 Å². The third-order valence-electron chi connectivity index (χ3n) is 2.90. The molecule has 0 fully saturated rings. The van der Waals surface area contributed by atoms with E-state index >= 15 is 0 Å². The van der Waals surface area contributed by atoms with Crippen molar-refractivity contribution in [1.82, 2.24) is 9.97 Å². The summed E-state index contributed by atoms with van der Waals surface area (Å²) >= 11 is 0. The van der Waals surface area contributed by atoms with Gasteiger partial charge in [0, 0.05) is 29.6 Å². The normalized spacial score (nSPS) is 10.1. The molecule has 0 aliphatic carbocycles. The van der Waals surface area contributed by atoms with Crippen LogP contribution in [0.25, 0.3) is 0 Å². The van der Waals surface area contributed by atoms with Gasteiger partial charge in [-0.05, 0) is 13.8 Å². The molecule has 0 unspecified atom stereocenters. The number of nitrogens with zero attached hydrogens (tertiary/aromatic N) is 2. The Morgan fingerprint density at radius 3 is 1.95 bits per heavy atom. The van der Waals surface area contributed by atoms with Gasteiger partial charge >= 0.3 is 0 Å². The fourth-order valence-electron chi connectivity index (χ4n) is 2.08. The first-order chi connectivity index (χ1) is 10.1. The number of aromatic nitrogens is 2. The summed E-state index contributed by atoms with van der Waals surface area (Å²) in [4.78, 5) is 8.60. The van der Waals surface area contributed by atoms with E-state index < -0.39 is 0 Å². The Morgan fingerprint density at radius 1 is 0.857 bits per heavy atom. The van der Waals surface area contributed by atoms with Crippen LogP contribution in [0.3, 0.4) is 0 Å². The molecule has 2 rings (SSSR count). The van der Waals surface area contributed by atoms with Crippen molar-refractivity contribution in [2.45, 2.75) is 13.8 Å². The van der Waals surface area contributed by atoms with E-state index in [1.807, 2.05) is 32.0 Å². The van der Waals surface area contributed by atoms with Crippen molar-refractivity contribution >= 4 is 11.5 Å². The number of ether oxygens (including phenoxy) is 3. The molecule has 0 amide bonds. The van der Waals surface area contributed by atoms with Crippen LogP contribution in [0.2, 0.25) is 0 Å². The summed E-state index contributed by atoms with van der Waals surface area (Å²) in [7, 11) is 4.74. The molecule has 1 aromatic heterocycles. The predicted octanol–water partition coefficient (Wildman–Crippen LogP) is 2.86. The Morgan fingerprint density at radius 2 is 1.48 bits per heavy atom. The summed E-state index contributed by atoms with van der Waals surface area (Å²) in [5.41, 5.74) is 1.69. The number of hydrogen-bond acceptors (Lipinski definition) is 6. The molecule has 6 nitrogen and oxygen atoms in total. The summed E-state index contributed by atoms with van der Waals surface area (Å²) in [5.74, 6) is 3.16. The molecule has 1 N–H and O–H groups in total. The van der Waals surface area contributed by atoms with Crippen LogP contribution in [0.4, 0.5) is 11.5 Å². The quantitative estimate of drug-likeness (QED) is 0.913. The van der Waals surface area contributed by atoms with Crippen molar-refractivity contribution in [3.05, 3.63) is 29.7 Å². The molecule has 0 spiro atoms. The van der Waals surface area contributed by atoms with Crippen molar-refractivity contribution in [3.8, 4) is 17.2 Å². The molecule has 1 aromatic carbocycles. The van der Waals surface area contributed by atoms with E-state index in [1.165, 1.54) is 0 Å². The smallest absolute Gasteiger partial charge is 0.203 e. The van der Waals surface area contributed by atoms with Crippen LogP contribution in [0.1, 0.15) is 11.5 Å². The van der Waals surface area contributed by atoms with Crippen LogP contribution in [-0.2, 0) is 0 Å². The highest BCUT2D eigenvalue weighted by atomic mass is 16.5. The fourth-order valence-corrected chi connectivity index (χ4v) is 2.08. The summed E-state index contributed by atoms with van der Waals surface area (Å²) in [6, 6.07) is 5.53. The zero-order valence-corrected chi connectivity index (χ0v) is 12.9. The maximum atomic E-state index is 5.33. The van der Waals surface area contributed by atoms with Gasteiger partial charge in [-0.25, -0.2) is 9.97 Å². The molecular formula is C15H19N3O3. The van der Waals surface area contributed by atoms with Gasteiger partial charge in [0.15, 0.2) is 11.5 Å². The molecule has 21 heavy (non-hydrogen) atoms. The zero-order valence-electron chi connectivity index (χ0n) is 12.9. The molecule has 1 heterocycles. The molecule has 0 saturated carbocycles.